The van der Waals surface area contributed by atoms with Crippen LogP contribution in [0.1, 0.15) is 47.2 Å². The van der Waals surface area contributed by atoms with Crippen molar-refractivity contribution in [2.24, 2.45) is 0 Å². The van der Waals surface area contributed by atoms with E-state index < -0.39 is 5.41 Å². The van der Waals surface area contributed by atoms with Crippen molar-refractivity contribution >= 4 is 49.8 Å². The molecule has 0 spiro atoms. The first-order valence-electron chi connectivity index (χ1n) is 24.4. The Morgan fingerprint density at radius 2 is 0.900 bits per heavy atom. The molecular formula is C68H47NO. The summed E-state index contributed by atoms with van der Waals surface area (Å²) in [6, 6.07) is 91.7. The van der Waals surface area contributed by atoms with Gasteiger partial charge in [0.15, 0.2) is 5.58 Å². The average Bonchev–Trinajstić information content (AvgIpc) is 4.03. The molecule has 0 bridgehead atoms. The fourth-order valence-corrected chi connectivity index (χ4v) is 12.3. The Balaban J connectivity index is 0.975. The Kier molecular flexibility index (Phi) is 8.88. The summed E-state index contributed by atoms with van der Waals surface area (Å²) in [5.74, 6) is 0. The molecule has 0 amide bonds. The van der Waals surface area contributed by atoms with Gasteiger partial charge >= 0.3 is 0 Å². The van der Waals surface area contributed by atoms with Crippen LogP contribution < -0.4 is 4.90 Å². The lowest BCUT2D eigenvalue weighted by Gasteiger charge is -2.33. The molecule has 0 atom stereocenters. The molecule has 0 N–H and O–H groups in total. The van der Waals surface area contributed by atoms with Crippen molar-refractivity contribution in [1.82, 2.24) is 0 Å². The maximum absolute atomic E-state index is 7.14. The van der Waals surface area contributed by atoms with Crippen LogP contribution >= 0.6 is 0 Å². The van der Waals surface area contributed by atoms with Gasteiger partial charge < -0.3 is 9.32 Å². The van der Waals surface area contributed by atoms with Gasteiger partial charge in [-0.05, 0) is 120 Å². The van der Waals surface area contributed by atoms with E-state index in [-0.39, 0.29) is 5.41 Å². The number of fused-ring (bicyclic) bond motifs is 11. The number of anilines is 3. The highest BCUT2D eigenvalue weighted by Crippen LogP contribution is 2.57. The van der Waals surface area contributed by atoms with E-state index in [1.807, 2.05) is 0 Å². The monoisotopic (exact) mass is 893 g/mol. The SMILES string of the molecule is CC1(C)c2ccccc2-c2ccc(-c3ccccc3N(c3cccc(-c4ccc5c(c4)-c4ccccc4C5(c4ccccc4)c4ccccc4)c3)c3cccc4c3oc3c5ccccc5ccc43)cc21. The molecule has 11 aromatic carbocycles. The molecule has 1 aromatic heterocycles. The standard InChI is InChI=1S/C68H47NO/c1-67(2)59-31-14-11-28-53(59)55-38-36-47(43-62(55)67)51-26-13-16-33-63(51)69(64-34-18-30-56-57-39-35-44-19-9-10-27-52(44)65(57)70-66(56)64)50-25-17-20-45(41-50)46-37-40-61-58(42-46)54-29-12-15-32-60(54)68(61,48-21-5-3-6-22-48)49-23-7-4-8-24-49/h3-43H,1-2H3. The lowest BCUT2D eigenvalue weighted by molar-refractivity contribution is 0.660. The number of benzene rings is 11. The molecule has 12 aromatic rings. The number of para-hydroxylation sites is 2. The van der Waals surface area contributed by atoms with E-state index in [0.29, 0.717) is 0 Å². The molecule has 330 valence electrons. The normalized spacial score (nSPS) is 13.8. The summed E-state index contributed by atoms with van der Waals surface area (Å²) in [5.41, 5.74) is 21.9. The molecule has 0 aliphatic heterocycles. The van der Waals surface area contributed by atoms with Gasteiger partial charge in [-0.2, -0.15) is 0 Å². The molecule has 0 saturated heterocycles. The molecule has 2 heteroatoms. The second-order valence-electron chi connectivity index (χ2n) is 19.5. The first-order chi connectivity index (χ1) is 34.5. The summed E-state index contributed by atoms with van der Waals surface area (Å²) in [4.78, 5) is 2.43. The first-order valence-corrected chi connectivity index (χ1v) is 24.4. The molecule has 0 radical (unpaired) electrons. The number of hydrogen-bond donors (Lipinski definition) is 0. The van der Waals surface area contributed by atoms with E-state index in [2.05, 4.69) is 267 Å². The van der Waals surface area contributed by atoms with Crippen LogP contribution in [0.15, 0.2) is 253 Å². The molecule has 0 saturated carbocycles. The van der Waals surface area contributed by atoms with Crippen molar-refractivity contribution in [3.63, 3.8) is 0 Å². The maximum Gasteiger partial charge on any atom is 0.159 e. The van der Waals surface area contributed by atoms with E-state index >= 15 is 0 Å². The topological polar surface area (TPSA) is 16.4 Å². The second kappa shape index (κ2) is 15.4. The molecule has 14 rings (SSSR count). The minimum absolute atomic E-state index is 0.133. The van der Waals surface area contributed by atoms with Crippen LogP contribution in [0.3, 0.4) is 0 Å². The predicted molar refractivity (Wildman–Crippen MR) is 292 cm³/mol. The largest absolute Gasteiger partial charge is 0.453 e. The van der Waals surface area contributed by atoms with Gasteiger partial charge in [0.05, 0.1) is 16.8 Å². The van der Waals surface area contributed by atoms with Gasteiger partial charge in [-0.1, -0.05) is 220 Å². The summed E-state index contributed by atoms with van der Waals surface area (Å²) < 4.78 is 7.14. The fourth-order valence-electron chi connectivity index (χ4n) is 12.3. The highest BCUT2D eigenvalue weighted by atomic mass is 16.3. The van der Waals surface area contributed by atoms with E-state index in [4.69, 9.17) is 4.42 Å². The van der Waals surface area contributed by atoms with Crippen molar-refractivity contribution in [1.29, 1.82) is 0 Å². The average molecular weight is 894 g/mol. The van der Waals surface area contributed by atoms with E-state index in [0.717, 1.165) is 66.5 Å². The van der Waals surface area contributed by atoms with Crippen LogP contribution in [0.5, 0.6) is 0 Å². The molecule has 2 aliphatic rings. The Bertz CT molecular complexity index is 4010. The highest BCUT2D eigenvalue weighted by Gasteiger charge is 2.46. The third-order valence-corrected chi connectivity index (χ3v) is 15.5. The van der Waals surface area contributed by atoms with Gasteiger partial charge in [-0.25, -0.2) is 0 Å². The second-order valence-corrected chi connectivity index (χ2v) is 19.5. The number of nitrogens with zero attached hydrogens (tertiary/aromatic N) is 1. The summed E-state index contributed by atoms with van der Waals surface area (Å²) in [6.07, 6.45) is 0. The minimum atomic E-state index is -0.457. The molecular weight excluding hydrogens is 847 g/mol. The third-order valence-electron chi connectivity index (χ3n) is 15.5. The fraction of sp³-hybridized carbons (Fsp3) is 0.0588. The minimum Gasteiger partial charge on any atom is -0.453 e. The van der Waals surface area contributed by atoms with Crippen LogP contribution in [0.2, 0.25) is 0 Å². The first kappa shape index (κ1) is 40.4. The summed E-state index contributed by atoms with van der Waals surface area (Å²) in [6.45, 7) is 4.72. The van der Waals surface area contributed by atoms with Gasteiger partial charge in [-0.3, -0.25) is 0 Å². The van der Waals surface area contributed by atoms with Crippen LogP contribution in [-0.2, 0) is 10.8 Å². The van der Waals surface area contributed by atoms with Crippen molar-refractivity contribution in [2.75, 3.05) is 4.90 Å². The van der Waals surface area contributed by atoms with Gasteiger partial charge in [0.1, 0.15) is 5.58 Å². The van der Waals surface area contributed by atoms with Crippen LogP contribution in [0.25, 0.3) is 77.2 Å². The Morgan fingerprint density at radius 3 is 1.70 bits per heavy atom. The smallest absolute Gasteiger partial charge is 0.159 e. The number of furan rings is 1. The third kappa shape index (κ3) is 5.80. The molecule has 1 heterocycles. The molecule has 0 fully saturated rings. The predicted octanol–water partition coefficient (Wildman–Crippen LogP) is 18.2. The van der Waals surface area contributed by atoms with Crippen molar-refractivity contribution in [3.8, 4) is 44.5 Å². The highest BCUT2D eigenvalue weighted by molar-refractivity contribution is 6.17. The van der Waals surface area contributed by atoms with Crippen molar-refractivity contribution < 1.29 is 4.42 Å². The van der Waals surface area contributed by atoms with Gasteiger partial charge in [0, 0.05) is 32.8 Å². The number of rotatable bonds is 7. The molecule has 0 unspecified atom stereocenters. The van der Waals surface area contributed by atoms with Gasteiger partial charge in [-0.15, -0.1) is 0 Å². The lowest BCUT2D eigenvalue weighted by atomic mass is 9.67. The van der Waals surface area contributed by atoms with E-state index in [1.54, 1.807) is 0 Å². The zero-order valence-corrected chi connectivity index (χ0v) is 39.0. The Hall–Kier alpha value is -8.72. The van der Waals surface area contributed by atoms with Crippen molar-refractivity contribution in [2.45, 2.75) is 24.7 Å². The zero-order chi connectivity index (χ0) is 46.6. The van der Waals surface area contributed by atoms with Gasteiger partial charge in [0.2, 0.25) is 0 Å². The maximum atomic E-state index is 7.14. The quantitative estimate of drug-likeness (QED) is 0.158. The lowest BCUT2D eigenvalue weighted by Crippen LogP contribution is -2.28. The molecule has 2 nitrogen and oxygen atoms in total. The zero-order valence-electron chi connectivity index (χ0n) is 39.0. The van der Waals surface area contributed by atoms with Crippen LogP contribution in [0, 0.1) is 0 Å². The summed E-state index contributed by atoms with van der Waals surface area (Å²) in [7, 11) is 0. The van der Waals surface area contributed by atoms with Crippen LogP contribution in [0.4, 0.5) is 17.1 Å². The summed E-state index contributed by atoms with van der Waals surface area (Å²) in [5, 5.41) is 4.47. The van der Waals surface area contributed by atoms with Gasteiger partial charge in [0.25, 0.3) is 0 Å². The molecule has 2 aliphatic carbocycles. The van der Waals surface area contributed by atoms with Crippen LogP contribution in [-0.4, -0.2) is 0 Å². The summed E-state index contributed by atoms with van der Waals surface area (Å²) >= 11 is 0. The van der Waals surface area contributed by atoms with Crippen molar-refractivity contribution in [3.05, 3.63) is 282 Å². The number of hydrogen-bond acceptors (Lipinski definition) is 2. The Morgan fingerprint density at radius 1 is 0.329 bits per heavy atom. The van der Waals surface area contributed by atoms with E-state index in [9.17, 15) is 0 Å². The molecule has 70 heavy (non-hydrogen) atoms. The van der Waals surface area contributed by atoms with E-state index in [1.165, 1.54) is 61.2 Å². The Labute approximate surface area is 408 Å².